The molecule has 1 N–H and O–H groups in total. The predicted molar refractivity (Wildman–Crippen MR) is 52.8 cm³/mol. The van der Waals surface area contributed by atoms with Crippen LogP contribution in [0.4, 0.5) is 0 Å². The van der Waals surface area contributed by atoms with Crippen LogP contribution in [0.25, 0.3) is 5.65 Å². The molecular formula is C9H13N5. The van der Waals surface area contributed by atoms with E-state index in [-0.39, 0.29) is 0 Å². The van der Waals surface area contributed by atoms with E-state index in [2.05, 4.69) is 34.3 Å². The Labute approximate surface area is 82.2 Å². The molecule has 5 heteroatoms. The number of hydrogen-bond donors (Lipinski definition) is 1. The molecule has 2 rings (SSSR count). The van der Waals surface area contributed by atoms with Gasteiger partial charge in [0.1, 0.15) is 6.33 Å². The van der Waals surface area contributed by atoms with E-state index in [1.165, 1.54) is 0 Å². The molecule has 5 nitrogen and oxygen atoms in total. The molecule has 0 bridgehead atoms. The normalized spacial score (nSPS) is 11.4. The lowest BCUT2D eigenvalue weighted by molar-refractivity contribution is 0.569. The highest BCUT2D eigenvalue weighted by molar-refractivity contribution is 5.35. The van der Waals surface area contributed by atoms with Crippen molar-refractivity contribution in [3.05, 3.63) is 24.4 Å². The zero-order valence-electron chi connectivity index (χ0n) is 8.31. The van der Waals surface area contributed by atoms with Crippen LogP contribution in [0.5, 0.6) is 0 Å². The van der Waals surface area contributed by atoms with Crippen LogP contribution in [0.2, 0.25) is 0 Å². The van der Waals surface area contributed by atoms with Crippen LogP contribution in [-0.4, -0.2) is 25.6 Å². The van der Waals surface area contributed by atoms with E-state index in [9.17, 15) is 0 Å². The summed E-state index contributed by atoms with van der Waals surface area (Å²) < 4.78 is 1.88. The second kappa shape index (κ2) is 3.71. The number of nitrogens with one attached hydrogen (secondary N) is 1. The fraction of sp³-hybridized carbons (Fsp3) is 0.444. The predicted octanol–water partition coefficient (Wildman–Crippen LogP) is 0.622. The molecule has 0 atom stereocenters. The lowest BCUT2D eigenvalue weighted by Crippen LogP contribution is -2.23. The number of fused-ring (bicyclic) bond motifs is 1. The van der Waals surface area contributed by atoms with Crippen molar-refractivity contribution in [2.45, 2.75) is 26.4 Å². The zero-order valence-corrected chi connectivity index (χ0v) is 8.31. The first kappa shape index (κ1) is 9.08. The van der Waals surface area contributed by atoms with Gasteiger partial charge in [0.05, 0.1) is 6.54 Å². The number of rotatable bonds is 3. The van der Waals surface area contributed by atoms with Crippen molar-refractivity contribution < 1.29 is 0 Å². The number of hydrogen-bond acceptors (Lipinski definition) is 4. The first-order valence-electron chi connectivity index (χ1n) is 4.64. The summed E-state index contributed by atoms with van der Waals surface area (Å²) in [5.41, 5.74) is 0.834. The lowest BCUT2D eigenvalue weighted by Gasteiger charge is -2.05. The van der Waals surface area contributed by atoms with Crippen LogP contribution in [0.1, 0.15) is 19.7 Å². The molecule has 0 fully saturated rings. The van der Waals surface area contributed by atoms with E-state index in [0.717, 1.165) is 11.5 Å². The third-order valence-corrected chi connectivity index (χ3v) is 1.95. The van der Waals surface area contributed by atoms with Gasteiger partial charge in [0, 0.05) is 18.3 Å². The van der Waals surface area contributed by atoms with E-state index < -0.39 is 0 Å². The molecule has 0 radical (unpaired) electrons. The quantitative estimate of drug-likeness (QED) is 0.772. The zero-order chi connectivity index (χ0) is 9.97. The van der Waals surface area contributed by atoms with E-state index in [1.807, 2.05) is 10.5 Å². The van der Waals surface area contributed by atoms with Gasteiger partial charge in [-0.2, -0.15) is 0 Å². The lowest BCUT2D eigenvalue weighted by atomic mass is 10.4. The highest BCUT2D eigenvalue weighted by atomic mass is 15.3. The minimum absolute atomic E-state index is 0.444. The van der Waals surface area contributed by atoms with Gasteiger partial charge in [-0.05, 0) is 0 Å². The first-order chi connectivity index (χ1) is 6.77. The molecule has 0 unspecified atom stereocenters. The van der Waals surface area contributed by atoms with E-state index in [1.54, 1.807) is 12.5 Å². The SMILES string of the molecule is CC(C)NCc1nnc2ccncn12. The summed E-state index contributed by atoms with van der Waals surface area (Å²) in [6.07, 6.45) is 3.44. The molecule has 0 spiro atoms. The Hall–Kier alpha value is -1.49. The summed E-state index contributed by atoms with van der Waals surface area (Å²) in [5.74, 6) is 0.891. The third kappa shape index (κ3) is 1.72. The highest BCUT2D eigenvalue weighted by Gasteiger charge is 2.04. The van der Waals surface area contributed by atoms with Crippen LogP contribution in [0.3, 0.4) is 0 Å². The Morgan fingerprint density at radius 3 is 3.07 bits per heavy atom. The molecule has 14 heavy (non-hydrogen) atoms. The summed E-state index contributed by atoms with van der Waals surface area (Å²) >= 11 is 0. The molecule has 2 aromatic heterocycles. The largest absolute Gasteiger partial charge is 0.308 e. The fourth-order valence-electron chi connectivity index (χ4n) is 1.21. The molecular weight excluding hydrogens is 178 g/mol. The van der Waals surface area contributed by atoms with E-state index >= 15 is 0 Å². The molecule has 0 saturated heterocycles. The third-order valence-electron chi connectivity index (χ3n) is 1.95. The van der Waals surface area contributed by atoms with E-state index in [4.69, 9.17) is 0 Å². The Morgan fingerprint density at radius 2 is 2.29 bits per heavy atom. The Kier molecular flexibility index (Phi) is 2.41. The fourth-order valence-corrected chi connectivity index (χ4v) is 1.21. The van der Waals surface area contributed by atoms with Crippen molar-refractivity contribution >= 4 is 5.65 Å². The Balaban J connectivity index is 2.25. The van der Waals surface area contributed by atoms with Crippen molar-refractivity contribution in [1.29, 1.82) is 0 Å². The van der Waals surface area contributed by atoms with Gasteiger partial charge in [-0.1, -0.05) is 13.8 Å². The summed E-state index contributed by atoms with van der Waals surface area (Å²) in [7, 11) is 0. The maximum absolute atomic E-state index is 4.08. The van der Waals surface area contributed by atoms with Crippen LogP contribution in [0, 0.1) is 0 Å². The monoisotopic (exact) mass is 191 g/mol. The molecule has 2 heterocycles. The maximum atomic E-state index is 4.08. The van der Waals surface area contributed by atoms with Crippen LogP contribution in [-0.2, 0) is 6.54 Å². The molecule has 2 aromatic rings. The van der Waals surface area contributed by atoms with Crippen molar-refractivity contribution in [3.8, 4) is 0 Å². The van der Waals surface area contributed by atoms with Crippen molar-refractivity contribution in [3.63, 3.8) is 0 Å². The summed E-state index contributed by atoms with van der Waals surface area (Å²) in [6.45, 7) is 4.91. The minimum Gasteiger partial charge on any atom is -0.308 e. The molecule has 0 aliphatic rings. The van der Waals surface area contributed by atoms with Crippen LogP contribution < -0.4 is 5.32 Å². The topological polar surface area (TPSA) is 55.1 Å². The number of nitrogens with zero attached hydrogens (tertiary/aromatic N) is 4. The van der Waals surface area contributed by atoms with Crippen molar-refractivity contribution in [2.24, 2.45) is 0 Å². The second-order valence-corrected chi connectivity index (χ2v) is 3.46. The summed E-state index contributed by atoms with van der Waals surface area (Å²) in [6, 6.07) is 2.28. The van der Waals surface area contributed by atoms with Crippen molar-refractivity contribution in [2.75, 3.05) is 0 Å². The molecule has 74 valence electrons. The van der Waals surface area contributed by atoms with Gasteiger partial charge < -0.3 is 5.32 Å². The van der Waals surface area contributed by atoms with Crippen molar-refractivity contribution in [1.82, 2.24) is 24.9 Å². The molecule has 0 amide bonds. The van der Waals surface area contributed by atoms with Gasteiger partial charge in [0.2, 0.25) is 0 Å². The maximum Gasteiger partial charge on any atom is 0.163 e. The summed E-state index contributed by atoms with van der Waals surface area (Å²) in [5, 5.41) is 11.4. The highest BCUT2D eigenvalue weighted by Crippen LogP contribution is 2.00. The van der Waals surface area contributed by atoms with E-state index in [0.29, 0.717) is 12.6 Å². The first-order valence-corrected chi connectivity index (χ1v) is 4.64. The Bertz CT molecular complexity index is 420. The van der Waals surface area contributed by atoms with Gasteiger partial charge in [0.25, 0.3) is 0 Å². The number of aromatic nitrogens is 4. The molecule has 0 saturated carbocycles. The van der Waals surface area contributed by atoms with Gasteiger partial charge in [-0.25, -0.2) is 4.98 Å². The molecule has 0 aliphatic heterocycles. The van der Waals surface area contributed by atoms with Crippen LogP contribution >= 0.6 is 0 Å². The average molecular weight is 191 g/mol. The minimum atomic E-state index is 0.444. The standard InChI is InChI=1S/C9H13N5/c1-7(2)11-5-9-13-12-8-3-4-10-6-14(8)9/h3-4,6-7,11H,5H2,1-2H3. The Morgan fingerprint density at radius 1 is 1.43 bits per heavy atom. The van der Waals surface area contributed by atoms with Gasteiger partial charge in [-0.15, -0.1) is 10.2 Å². The summed E-state index contributed by atoms with van der Waals surface area (Å²) in [4.78, 5) is 4.03. The average Bonchev–Trinajstić information content (AvgIpc) is 2.58. The molecule has 0 aromatic carbocycles. The van der Waals surface area contributed by atoms with Crippen LogP contribution in [0.15, 0.2) is 18.6 Å². The molecule has 0 aliphatic carbocycles. The van der Waals surface area contributed by atoms with Gasteiger partial charge in [-0.3, -0.25) is 4.40 Å². The second-order valence-electron chi connectivity index (χ2n) is 3.46. The van der Waals surface area contributed by atoms with Gasteiger partial charge in [0.15, 0.2) is 11.5 Å². The van der Waals surface area contributed by atoms with Gasteiger partial charge >= 0.3 is 0 Å². The smallest absolute Gasteiger partial charge is 0.163 e.